The van der Waals surface area contributed by atoms with E-state index in [-0.39, 0.29) is 11.9 Å². The van der Waals surface area contributed by atoms with Gasteiger partial charge in [0.25, 0.3) is 0 Å². The number of aryl methyl sites for hydroxylation is 1. The molecule has 4 rings (SSSR count). The Labute approximate surface area is 170 Å². The van der Waals surface area contributed by atoms with Crippen LogP contribution in [0, 0.1) is 6.92 Å². The van der Waals surface area contributed by atoms with E-state index in [0.717, 1.165) is 42.9 Å². The number of likely N-dealkylation sites (tertiary alicyclic amines) is 1. The molecule has 1 aliphatic rings. The molecule has 1 unspecified atom stereocenters. The number of H-pyrrole nitrogens is 1. The van der Waals surface area contributed by atoms with Crippen LogP contribution in [-0.2, 0) is 11.3 Å². The maximum atomic E-state index is 12.9. The minimum Gasteiger partial charge on any atom is -0.456 e. The second kappa shape index (κ2) is 8.87. The van der Waals surface area contributed by atoms with Gasteiger partial charge in [0.2, 0.25) is 5.91 Å². The summed E-state index contributed by atoms with van der Waals surface area (Å²) < 4.78 is 5.75. The zero-order valence-electron chi connectivity index (χ0n) is 16.5. The molecule has 7 nitrogen and oxygen atoms in total. The minimum atomic E-state index is -0.146. The Kier molecular flexibility index (Phi) is 5.86. The fraction of sp³-hybridized carbons (Fsp3) is 0.318. The molecular formula is C22H25N5O2. The molecule has 2 aromatic heterocycles. The van der Waals surface area contributed by atoms with Crippen molar-refractivity contribution in [3.05, 3.63) is 66.2 Å². The lowest BCUT2D eigenvalue weighted by atomic mass is 10.0. The number of benzene rings is 1. The zero-order chi connectivity index (χ0) is 20.1. The number of aromatic amines is 1. The Bertz CT molecular complexity index is 939. The standard InChI is InChI=1S/C22H25N5O2/c1-16-13-18(26-25-16)15-27-12-3-2-6-21(27)22(28)24-17-7-9-19(10-8-17)29-20-5-4-11-23-14-20/h4-5,7-11,13-14,21H,2-3,6,12,15H2,1H3,(H,24,28)(H,25,26). The van der Waals surface area contributed by atoms with Gasteiger partial charge in [0.05, 0.1) is 17.9 Å². The highest BCUT2D eigenvalue weighted by molar-refractivity contribution is 5.94. The third-order valence-corrected chi connectivity index (χ3v) is 5.03. The predicted molar refractivity (Wildman–Crippen MR) is 111 cm³/mol. The van der Waals surface area contributed by atoms with Gasteiger partial charge in [0.1, 0.15) is 11.5 Å². The molecule has 0 spiro atoms. The van der Waals surface area contributed by atoms with E-state index >= 15 is 0 Å². The van der Waals surface area contributed by atoms with Crippen LogP contribution in [0.4, 0.5) is 5.69 Å². The number of nitrogens with zero attached hydrogens (tertiary/aromatic N) is 3. The van der Waals surface area contributed by atoms with Crippen LogP contribution in [0.2, 0.25) is 0 Å². The zero-order valence-corrected chi connectivity index (χ0v) is 16.5. The van der Waals surface area contributed by atoms with Crippen molar-refractivity contribution in [2.75, 3.05) is 11.9 Å². The molecule has 1 atom stereocenters. The number of carbonyl (C=O) groups is 1. The van der Waals surface area contributed by atoms with Crippen LogP contribution in [0.5, 0.6) is 11.5 Å². The van der Waals surface area contributed by atoms with E-state index < -0.39 is 0 Å². The van der Waals surface area contributed by atoms with Crippen molar-refractivity contribution >= 4 is 11.6 Å². The summed E-state index contributed by atoms with van der Waals surface area (Å²) in [4.78, 5) is 19.2. The van der Waals surface area contributed by atoms with Gasteiger partial charge >= 0.3 is 0 Å². The van der Waals surface area contributed by atoms with Crippen LogP contribution >= 0.6 is 0 Å². The summed E-state index contributed by atoms with van der Waals surface area (Å²) in [5, 5.41) is 10.3. The van der Waals surface area contributed by atoms with Gasteiger partial charge in [-0.15, -0.1) is 0 Å². The van der Waals surface area contributed by atoms with Crippen LogP contribution in [-0.4, -0.2) is 38.6 Å². The molecule has 150 valence electrons. The first-order valence-electron chi connectivity index (χ1n) is 9.91. The molecule has 1 saturated heterocycles. The average molecular weight is 391 g/mol. The van der Waals surface area contributed by atoms with Gasteiger partial charge in [-0.1, -0.05) is 6.42 Å². The molecule has 1 aromatic carbocycles. The first-order valence-corrected chi connectivity index (χ1v) is 9.91. The Morgan fingerprint density at radius 2 is 2.10 bits per heavy atom. The van der Waals surface area contributed by atoms with E-state index in [1.165, 1.54) is 0 Å². The molecule has 1 fully saturated rings. The fourth-order valence-electron chi connectivity index (χ4n) is 3.62. The van der Waals surface area contributed by atoms with Gasteiger partial charge in [-0.25, -0.2) is 0 Å². The van der Waals surface area contributed by atoms with E-state index in [2.05, 4.69) is 25.4 Å². The van der Waals surface area contributed by atoms with Crippen molar-refractivity contribution in [2.24, 2.45) is 0 Å². The lowest BCUT2D eigenvalue weighted by molar-refractivity contribution is -0.122. The Morgan fingerprint density at radius 1 is 1.24 bits per heavy atom. The molecule has 3 aromatic rings. The van der Waals surface area contributed by atoms with Gasteiger partial charge in [-0.2, -0.15) is 5.10 Å². The normalized spacial score (nSPS) is 17.1. The van der Waals surface area contributed by atoms with Crippen molar-refractivity contribution in [1.82, 2.24) is 20.1 Å². The van der Waals surface area contributed by atoms with E-state index in [1.807, 2.05) is 49.4 Å². The molecule has 0 radical (unpaired) electrons. The summed E-state index contributed by atoms with van der Waals surface area (Å²) in [6, 6.07) is 13.0. The minimum absolute atomic E-state index is 0.0258. The monoisotopic (exact) mass is 391 g/mol. The van der Waals surface area contributed by atoms with Crippen molar-refractivity contribution in [1.29, 1.82) is 0 Å². The molecule has 0 aliphatic carbocycles. The van der Waals surface area contributed by atoms with Crippen LogP contribution in [0.1, 0.15) is 30.7 Å². The highest BCUT2D eigenvalue weighted by Crippen LogP contribution is 2.24. The van der Waals surface area contributed by atoms with Crippen LogP contribution in [0.3, 0.4) is 0 Å². The molecular weight excluding hydrogens is 366 g/mol. The van der Waals surface area contributed by atoms with Crippen LogP contribution in [0.15, 0.2) is 54.9 Å². The summed E-state index contributed by atoms with van der Waals surface area (Å²) in [5.41, 5.74) is 2.76. The van der Waals surface area contributed by atoms with E-state index in [1.54, 1.807) is 12.4 Å². The van der Waals surface area contributed by atoms with Crippen molar-refractivity contribution < 1.29 is 9.53 Å². The number of carbonyl (C=O) groups excluding carboxylic acids is 1. The summed E-state index contributed by atoms with van der Waals surface area (Å²) in [5.74, 6) is 1.40. The lowest BCUT2D eigenvalue weighted by Gasteiger charge is -2.34. The van der Waals surface area contributed by atoms with Gasteiger partial charge in [-0.3, -0.25) is 19.8 Å². The molecule has 0 saturated carbocycles. The number of rotatable bonds is 6. The fourth-order valence-corrected chi connectivity index (χ4v) is 3.62. The maximum absolute atomic E-state index is 12.9. The lowest BCUT2D eigenvalue weighted by Crippen LogP contribution is -2.46. The Hall–Kier alpha value is -3.19. The molecule has 7 heteroatoms. The highest BCUT2D eigenvalue weighted by atomic mass is 16.5. The Morgan fingerprint density at radius 3 is 2.83 bits per heavy atom. The molecule has 2 N–H and O–H groups in total. The number of piperidine rings is 1. The molecule has 3 heterocycles. The van der Waals surface area contributed by atoms with Gasteiger partial charge < -0.3 is 10.1 Å². The summed E-state index contributed by atoms with van der Waals surface area (Å²) >= 11 is 0. The third kappa shape index (κ3) is 5.00. The number of hydrogen-bond acceptors (Lipinski definition) is 5. The SMILES string of the molecule is Cc1cc(CN2CCCCC2C(=O)Nc2ccc(Oc3cccnc3)cc2)n[nH]1. The Balaban J connectivity index is 1.38. The van der Waals surface area contributed by atoms with E-state index in [4.69, 9.17) is 4.74 Å². The van der Waals surface area contributed by atoms with Gasteiger partial charge in [0, 0.05) is 24.1 Å². The number of hydrogen-bond donors (Lipinski definition) is 2. The van der Waals surface area contributed by atoms with Crippen LogP contribution in [0.25, 0.3) is 0 Å². The van der Waals surface area contributed by atoms with Crippen molar-refractivity contribution in [2.45, 2.75) is 38.8 Å². The predicted octanol–water partition coefficient (Wildman–Crippen LogP) is 3.90. The van der Waals surface area contributed by atoms with E-state index in [9.17, 15) is 4.79 Å². The highest BCUT2D eigenvalue weighted by Gasteiger charge is 2.29. The number of aromatic nitrogens is 3. The quantitative estimate of drug-likeness (QED) is 0.666. The average Bonchev–Trinajstić information content (AvgIpc) is 3.15. The number of anilines is 1. The van der Waals surface area contributed by atoms with E-state index in [0.29, 0.717) is 18.0 Å². The molecule has 29 heavy (non-hydrogen) atoms. The molecule has 1 aliphatic heterocycles. The van der Waals surface area contributed by atoms with Gasteiger partial charge in [-0.05, 0) is 68.8 Å². The molecule has 0 bridgehead atoms. The van der Waals surface area contributed by atoms with Crippen LogP contribution < -0.4 is 10.1 Å². The number of nitrogens with one attached hydrogen (secondary N) is 2. The number of pyridine rings is 1. The first-order chi connectivity index (χ1) is 14.2. The first kappa shape index (κ1) is 19.1. The summed E-state index contributed by atoms with van der Waals surface area (Å²) in [6.07, 6.45) is 6.39. The largest absolute Gasteiger partial charge is 0.456 e. The van der Waals surface area contributed by atoms with Crippen molar-refractivity contribution in [3.63, 3.8) is 0 Å². The summed E-state index contributed by atoms with van der Waals surface area (Å²) in [7, 11) is 0. The smallest absolute Gasteiger partial charge is 0.241 e. The summed E-state index contributed by atoms with van der Waals surface area (Å²) in [6.45, 7) is 3.57. The maximum Gasteiger partial charge on any atom is 0.241 e. The number of amides is 1. The van der Waals surface area contributed by atoms with Gasteiger partial charge in [0.15, 0.2) is 0 Å². The topological polar surface area (TPSA) is 83.1 Å². The second-order valence-corrected chi connectivity index (χ2v) is 7.33. The van der Waals surface area contributed by atoms with Crippen molar-refractivity contribution in [3.8, 4) is 11.5 Å². The second-order valence-electron chi connectivity index (χ2n) is 7.33. The third-order valence-electron chi connectivity index (χ3n) is 5.03. The number of ether oxygens (including phenoxy) is 1. The molecule has 1 amide bonds.